The van der Waals surface area contributed by atoms with Crippen molar-refractivity contribution in [1.82, 2.24) is 5.32 Å². The average Bonchev–Trinajstić information content (AvgIpc) is 2.34. The molecular weight excluding hydrogens is 260 g/mol. The predicted molar refractivity (Wildman–Crippen MR) is 75.2 cm³/mol. The van der Waals surface area contributed by atoms with Gasteiger partial charge in [-0.15, -0.1) is 12.6 Å². The van der Waals surface area contributed by atoms with Gasteiger partial charge in [0, 0.05) is 0 Å². The molecule has 0 aliphatic carbocycles. The number of carbonyl (C=O) groups is 1. The Balaban J connectivity index is -0.000000180. The molecular formula is C6H16N2O2S4. The van der Waals surface area contributed by atoms with E-state index in [1.807, 2.05) is 0 Å². The molecule has 1 rings (SSSR count). The van der Waals surface area contributed by atoms with Gasteiger partial charge in [0.2, 0.25) is 0 Å². The standard InChI is InChI=1S/C5H9NO2.CH3NS2.2H2S/c7-5(8)4-2-1-3-6-4;2-1(3)4;;/h4,6H,1-3H2,(H,7,8);(H3,2,3,4);2*1H2/t4-;;;/m0.../s1. The van der Waals surface area contributed by atoms with Gasteiger partial charge in [-0.05, 0) is 19.4 Å². The molecule has 0 aromatic carbocycles. The zero-order valence-electron chi connectivity index (χ0n) is 7.49. The van der Waals surface area contributed by atoms with E-state index in [0.29, 0.717) is 0 Å². The molecule has 0 aromatic heterocycles. The van der Waals surface area contributed by atoms with Gasteiger partial charge in [-0.2, -0.15) is 27.0 Å². The molecule has 1 atom stereocenters. The summed E-state index contributed by atoms with van der Waals surface area (Å²) in [6.07, 6.45) is 1.78. The molecule has 0 spiro atoms. The maximum Gasteiger partial charge on any atom is 0.320 e. The molecule has 8 heteroatoms. The SMILES string of the molecule is NC(=S)S.O=C(O)[C@@H]1CCCN1.S.S. The van der Waals surface area contributed by atoms with Crippen LogP contribution in [0.1, 0.15) is 12.8 Å². The molecule has 1 aliphatic heterocycles. The first-order chi connectivity index (χ1) is 5.54. The summed E-state index contributed by atoms with van der Waals surface area (Å²) in [6, 6.07) is -0.269. The van der Waals surface area contributed by atoms with Crippen LogP contribution in [0.25, 0.3) is 0 Å². The Morgan fingerprint density at radius 1 is 1.57 bits per heavy atom. The third-order valence-corrected chi connectivity index (χ3v) is 1.36. The van der Waals surface area contributed by atoms with Crippen LogP contribution in [0.4, 0.5) is 0 Å². The summed E-state index contributed by atoms with van der Waals surface area (Å²) in [4.78, 5) is 10.1. The molecule has 1 aliphatic rings. The maximum absolute atomic E-state index is 10.1. The number of thiol groups is 1. The van der Waals surface area contributed by atoms with Gasteiger partial charge in [0.05, 0.1) is 0 Å². The lowest BCUT2D eigenvalue weighted by Gasteiger charge is -1.99. The Morgan fingerprint density at radius 3 is 2.14 bits per heavy atom. The van der Waals surface area contributed by atoms with E-state index in [2.05, 4.69) is 30.2 Å². The van der Waals surface area contributed by atoms with Crippen molar-refractivity contribution >= 4 is 62.1 Å². The van der Waals surface area contributed by atoms with Crippen LogP contribution >= 0.6 is 51.8 Å². The fourth-order valence-electron chi connectivity index (χ4n) is 0.895. The van der Waals surface area contributed by atoms with Crippen molar-refractivity contribution in [2.75, 3.05) is 6.54 Å². The van der Waals surface area contributed by atoms with Crippen LogP contribution in [0.3, 0.4) is 0 Å². The second-order valence-corrected chi connectivity index (χ2v) is 3.55. The van der Waals surface area contributed by atoms with Gasteiger partial charge in [-0.1, -0.05) is 12.2 Å². The lowest BCUT2D eigenvalue weighted by molar-refractivity contribution is -0.139. The fourth-order valence-corrected chi connectivity index (χ4v) is 0.895. The molecule has 1 saturated heterocycles. The number of nitrogens with one attached hydrogen (secondary N) is 1. The Labute approximate surface area is 108 Å². The molecule has 0 unspecified atom stereocenters. The van der Waals surface area contributed by atoms with Crippen LogP contribution in [0, 0.1) is 0 Å². The van der Waals surface area contributed by atoms with E-state index in [0.717, 1.165) is 19.4 Å². The Hall–Kier alpha value is 0.370. The minimum absolute atomic E-state index is 0. The van der Waals surface area contributed by atoms with Crippen LogP contribution in [-0.4, -0.2) is 28.0 Å². The largest absolute Gasteiger partial charge is 0.480 e. The molecule has 0 radical (unpaired) electrons. The topological polar surface area (TPSA) is 75.4 Å². The lowest BCUT2D eigenvalue weighted by Crippen LogP contribution is -2.29. The zero-order chi connectivity index (χ0) is 9.56. The third-order valence-electron chi connectivity index (χ3n) is 1.36. The highest BCUT2D eigenvalue weighted by atomic mass is 32.1. The number of aliphatic carboxylic acids is 1. The number of nitrogens with two attached hydrogens (primary N) is 1. The highest BCUT2D eigenvalue weighted by molar-refractivity contribution is 8.10. The lowest BCUT2D eigenvalue weighted by atomic mass is 10.2. The van der Waals surface area contributed by atoms with Crippen molar-refractivity contribution in [2.24, 2.45) is 5.73 Å². The molecule has 0 saturated carbocycles. The summed E-state index contributed by atoms with van der Waals surface area (Å²) in [7, 11) is 0. The molecule has 14 heavy (non-hydrogen) atoms. The van der Waals surface area contributed by atoms with E-state index in [4.69, 9.17) is 10.8 Å². The van der Waals surface area contributed by atoms with Gasteiger partial charge in [-0.3, -0.25) is 4.79 Å². The number of carboxylic acids is 1. The summed E-state index contributed by atoms with van der Waals surface area (Å²) in [5, 5.41) is 11.2. The number of thiocarbonyl (C=S) groups is 1. The number of hydrogen-bond acceptors (Lipinski definition) is 3. The van der Waals surface area contributed by atoms with Gasteiger partial charge in [0.15, 0.2) is 0 Å². The Bertz CT molecular complexity index is 169. The van der Waals surface area contributed by atoms with Crippen LogP contribution in [-0.2, 0) is 4.79 Å². The number of carboxylic acid groups (broad SMARTS) is 1. The Morgan fingerprint density at radius 2 is 2.00 bits per heavy atom. The highest BCUT2D eigenvalue weighted by Crippen LogP contribution is 2.03. The second-order valence-electron chi connectivity index (χ2n) is 2.33. The maximum atomic E-state index is 10.1. The molecule has 0 amide bonds. The predicted octanol–water partition coefficient (Wildman–Crippen LogP) is 0.208. The molecule has 1 heterocycles. The van der Waals surface area contributed by atoms with Crippen molar-refractivity contribution in [2.45, 2.75) is 18.9 Å². The minimum Gasteiger partial charge on any atom is -0.480 e. The highest BCUT2D eigenvalue weighted by Gasteiger charge is 2.20. The average molecular weight is 276 g/mol. The summed E-state index contributed by atoms with van der Waals surface area (Å²) in [6.45, 7) is 0.858. The smallest absolute Gasteiger partial charge is 0.320 e. The molecule has 4 nitrogen and oxygen atoms in total. The van der Waals surface area contributed by atoms with Crippen molar-refractivity contribution in [3.63, 3.8) is 0 Å². The first kappa shape index (κ1) is 19.9. The van der Waals surface area contributed by atoms with Crippen LogP contribution in [0.2, 0.25) is 0 Å². The van der Waals surface area contributed by atoms with E-state index >= 15 is 0 Å². The van der Waals surface area contributed by atoms with Crippen LogP contribution in [0.15, 0.2) is 0 Å². The number of rotatable bonds is 1. The summed E-state index contributed by atoms with van der Waals surface area (Å²) < 4.78 is 0.194. The summed E-state index contributed by atoms with van der Waals surface area (Å²) in [5.74, 6) is -0.720. The summed E-state index contributed by atoms with van der Waals surface area (Å²) in [5.41, 5.74) is 4.71. The fraction of sp³-hybridized carbons (Fsp3) is 0.667. The molecule has 0 bridgehead atoms. The zero-order valence-corrected chi connectivity index (χ0v) is 11.2. The van der Waals surface area contributed by atoms with Gasteiger partial charge in [-0.25, -0.2) is 0 Å². The first-order valence-corrected chi connectivity index (χ1v) is 4.34. The quantitative estimate of drug-likeness (QED) is 0.407. The van der Waals surface area contributed by atoms with Crippen molar-refractivity contribution in [1.29, 1.82) is 0 Å². The van der Waals surface area contributed by atoms with Crippen molar-refractivity contribution in [3.8, 4) is 0 Å². The van der Waals surface area contributed by atoms with Gasteiger partial charge < -0.3 is 16.2 Å². The third kappa shape index (κ3) is 12.4. The van der Waals surface area contributed by atoms with E-state index in [1.165, 1.54) is 0 Å². The van der Waals surface area contributed by atoms with Crippen LogP contribution < -0.4 is 11.1 Å². The molecule has 1 fully saturated rings. The van der Waals surface area contributed by atoms with Crippen LogP contribution in [0.5, 0.6) is 0 Å². The van der Waals surface area contributed by atoms with Gasteiger partial charge in [0.1, 0.15) is 10.4 Å². The molecule has 0 aromatic rings. The first-order valence-electron chi connectivity index (χ1n) is 3.48. The Kier molecular flexibility index (Phi) is 16.2. The van der Waals surface area contributed by atoms with Gasteiger partial charge >= 0.3 is 5.97 Å². The minimum atomic E-state index is -0.720. The van der Waals surface area contributed by atoms with Crippen molar-refractivity contribution < 1.29 is 9.90 Å². The van der Waals surface area contributed by atoms with Gasteiger partial charge in [0.25, 0.3) is 0 Å². The monoisotopic (exact) mass is 276 g/mol. The molecule has 86 valence electrons. The van der Waals surface area contributed by atoms with E-state index in [9.17, 15) is 4.79 Å². The van der Waals surface area contributed by atoms with E-state index < -0.39 is 5.97 Å². The van der Waals surface area contributed by atoms with E-state index in [-0.39, 0.29) is 37.4 Å². The number of hydrogen-bond donors (Lipinski definition) is 4. The summed E-state index contributed by atoms with van der Waals surface area (Å²) >= 11 is 7.65. The normalized spacial score (nSPS) is 17.9. The van der Waals surface area contributed by atoms with Crippen molar-refractivity contribution in [3.05, 3.63) is 0 Å². The molecule has 4 N–H and O–H groups in total. The van der Waals surface area contributed by atoms with E-state index in [1.54, 1.807) is 0 Å². The second kappa shape index (κ2) is 11.4.